The van der Waals surface area contributed by atoms with E-state index in [0.29, 0.717) is 22.6 Å². The van der Waals surface area contributed by atoms with Gasteiger partial charge in [0.1, 0.15) is 11.4 Å². The molecule has 0 bridgehead atoms. The predicted octanol–water partition coefficient (Wildman–Crippen LogP) is 2.71. The topological polar surface area (TPSA) is 90.3 Å². The SMILES string of the molecule is CCS(=O)(=O)CCNC(=O)c1cn(-c2ccccc2)nc1-c1ccccc1OC. The molecule has 0 fully saturated rings. The quantitative estimate of drug-likeness (QED) is 0.613. The van der Waals surface area contributed by atoms with Crippen molar-refractivity contribution in [2.45, 2.75) is 6.92 Å². The summed E-state index contributed by atoms with van der Waals surface area (Å²) in [6.07, 6.45) is 1.64. The highest BCUT2D eigenvalue weighted by Gasteiger charge is 2.21. The van der Waals surface area contributed by atoms with Crippen LogP contribution < -0.4 is 10.1 Å². The third-order valence-corrected chi connectivity index (χ3v) is 6.19. The minimum absolute atomic E-state index is 0.0386. The van der Waals surface area contributed by atoms with Gasteiger partial charge in [0.25, 0.3) is 5.91 Å². The summed E-state index contributed by atoms with van der Waals surface area (Å²) in [6, 6.07) is 16.7. The van der Waals surface area contributed by atoms with Gasteiger partial charge in [0.2, 0.25) is 0 Å². The number of carbonyl (C=O) groups excluding carboxylic acids is 1. The standard InChI is InChI=1S/C21H23N3O4S/c1-3-29(26,27)14-13-22-21(25)18-15-24(16-9-5-4-6-10-16)23-20(18)17-11-7-8-12-19(17)28-2/h4-12,15H,3,13-14H2,1-2H3,(H,22,25). The minimum Gasteiger partial charge on any atom is -0.496 e. The molecule has 0 aliphatic heterocycles. The van der Waals surface area contributed by atoms with Gasteiger partial charge < -0.3 is 10.1 Å². The molecule has 152 valence electrons. The molecule has 7 nitrogen and oxygen atoms in total. The van der Waals surface area contributed by atoms with E-state index in [-0.39, 0.29) is 24.0 Å². The lowest BCUT2D eigenvalue weighted by atomic mass is 10.1. The van der Waals surface area contributed by atoms with Gasteiger partial charge in [-0.05, 0) is 24.3 Å². The van der Waals surface area contributed by atoms with Crippen LogP contribution in [0, 0.1) is 0 Å². The zero-order chi connectivity index (χ0) is 20.9. The second kappa shape index (κ2) is 8.91. The van der Waals surface area contributed by atoms with Gasteiger partial charge in [-0.1, -0.05) is 37.3 Å². The molecule has 0 spiro atoms. The van der Waals surface area contributed by atoms with E-state index in [4.69, 9.17) is 4.74 Å². The molecule has 3 rings (SSSR count). The fourth-order valence-corrected chi connectivity index (χ4v) is 3.55. The van der Waals surface area contributed by atoms with Gasteiger partial charge in [0, 0.05) is 24.1 Å². The van der Waals surface area contributed by atoms with Crippen molar-refractivity contribution in [3.05, 3.63) is 66.4 Å². The van der Waals surface area contributed by atoms with Gasteiger partial charge in [0.15, 0.2) is 9.84 Å². The Kier molecular flexibility index (Phi) is 6.33. The van der Waals surface area contributed by atoms with E-state index in [1.54, 1.807) is 31.0 Å². The van der Waals surface area contributed by atoms with E-state index >= 15 is 0 Å². The maximum Gasteiger partial charge on any atom is 0.255 e. The molecule has 3 aromatic rings. The molecule has 1 amide bonds. The highest BCUT2D eigenvalue weighted by molar-refractivity contribution is 7.91. The third kappa shape index (κ3) is 4.83. The first-order chi connectivity index (χ1) is 13.9. The van der Waals surface area contributed by atoms with Crippen molar-refractivity contribution in [2.75, 3.05) is 25.2 Å². The molecule has 0 saturated heterocycles. The number of aromatic nitrogens is 2. The number of para-hydroxylation sites is 2. The summed E-state index contributed by atoms with van der Waals surface area (Å²) in [4.78, 5) is 12.9. The van der Waals surface area contributed by atoms with E-state index in [1.807, 2.05) is 48.5 Å². The predicted molar refractivity (Wildman–Crippen MR) is 112 cm³/mol. The van der Waals surface area contributed by atoms with Crippen LogP contribution in [0.2, 0.25) is 0 Å². The average Bonchev–Trinajstić information content (AvgIpc) is 3.19. The number of ether oxygens (including phenoxy) is 1. The molecule has 2 aromatic carbocycles. The molecule has 0 aliphatic rings. The molecule has 1 aromatic heterocycles. The van der Waals surface area contributed by atoms with Gasteiger partial charge in [0.05, 0.1) is 24.1 Å². The van der Waals surface area contributed by atoms with Crippen LogP contribution in [-0.2, 0) is 9.84 Å². The normalized spacial score (nSPS) is 11.2. The smallest absolute Gasteiger partial charge is 0.255 e. The number of methoxy groups -OCH3 is 1. The van der Waals surface area contributed by atoms with E-state index < -0.39 is 9.84 Å². The Bertz CT molecular complexity index is 1090. The highest BCUT2D eigenvalue weighted by atomic mass is 32.2. The van der Waals surface area contributed by atoms with Crippen molar-refractivity contribution in [3.8, 4) is 22.7 Å². The number of amides is 1. The van der Waals surface area contributed by atoms with E-state index in [9.17, 15) is 13.2 Å². The van der Waals surface area contributed by atoms with Crippen LogP contribution in [0.15, 0.2) is 60.8 Å². The van der Waals surface area contributed by atoms with Gasteiger partial charge in [-0.15, -0.1) is 0 Å². The Hall–Kier alpha value is -3.13. The van der Waals surface area contributed by atoms with E-state index in [1.165, 1.54) is 0 Å². The molecule has 8 heteroatoms. The second-order valence-corrected chi connectivity index (χ2v) is 8.84. The molecule has 0 aliphatic carbocycles. The molecule has 0 unspecified atom stereocenters. The van der Waals surface area contributed by atoms with E-state index in [0.717, 1.165) is 5.69 Å². The number of benzene rings is 2. The van der Waals surface area contributed by atoms with Crippen LogP contribution in [0.1, 0.15) is 17.3 Å². The summed E-state index contributed by atoms with van der Waals surface area (Å²) in [5.74, 6) is 0.140. The van der Waals surface area contributed by atoms with Gasteiger partial charge in [-0.3, -0.25) is 4.79 Å². The van der Waals surface area contributed by atoms with Gasteiger partial charge in [-0.2, -0.15) is 5.10 Å². The van der Waals surface area contributed by atoms with Gasteiger partial charge in [-0.25, -0.2) is 13.1 Å². The van der Waals surface area contributed by atoms with Crippen molar-refractivity contribution in [1.29, 1.82) is 0 Å². The second-order valence-electron chi connectivity index (χ2n) is 6.36. The first-order valence-corrected chi connectivity index (χ1v) is 11.0. The Morgan fingerprint density at radius 2 is 1.79 bits per heavy atom. The van der Waals surface area contributed by atoms with Crippen molar-refractivity contribution in [3.63, 3.8) is 0 Å². The van der Waals surface area contributed by atoms with Crippen LogP contribution in [0.3, 0.4) is 0 Å². The number of rotatable bonds is 8. The first kappa shape index (κ1) is 20.6. The summed E-state index contributed by atoms with van der Waals surface area (Å²) in [6.45, 7) is 1.62. The minimum atomic E-state index is -3.16. The molecule has 0 atom stereocenters. The van der Waals surface area contributed by atoms with Crippen molar-refractivity contribution >= 4 is 15.7 Å². The molecule has 0 saturated carbocycles. The number of carbonyl (C=O) groups is 1. The monoisotopic (exact) mass is 413 g/mol. The fourth-order valence-electron chi connectivity index (χ4n) is 2.85. The number of sulfone groups is 1. The number of nitrogens with one attached hydrogen (secondary N) is 1. The third-order valence-electron chi connectivity index (χ3n) is 4.48. The maximum absolute atomic E-state index is 12.9. The van der Waals surface area contributed by atoms with Crippen molar-refractivity contribution < 1.29 is 17.9 Å². The fraction of sp³-hybridized carbons (Fsp3) is 0.238. The molecular formula is C21H23N3O4S. The summed E-state index contributed by atoms with van der Waals surface area (Å²) >= 11 is 0. The summed E-state index contributed by atoms with van der Waals surface area (Å²) in [5, 5.41) is 7.30. The van der Waals surface area contributed by atoms with Gasteiger partial charge >= 0.3 is 0 Å². The van der Waals surface area contributed by atoms with Crippen LogP contribution in [0.5, 0.6) is 5.75 Å². The van der Waals surface area contributed by atoms with E-state index in [2.05, 4.69) is 10.4 Å². The molecule has 0 radical (unpaired) electrons. The van der Waals surface area contributed by atoms with Crippen molar-refractivity contribution in [2.24, 2.45) is 0 Å². The van der Waals surface area contributed by atoms with Crippen LogP contribution >= 0.6 is 0 Å². The Morgan fingerprint density at radius 3 is 2.48 bits per heavy atom. The zero-order valence-corrected chi connectivity index (χ0v) is 17.1. The average molecular weight is 413 g/mol. The lowest BCUT2D eigenvalue weighted by Gasteiger charge is -2.08. The molecule has 29 heavy (non-hydrogen) atoms. The molecule has 1 N–H and O–H groups in total. The summed E-state index contributed by atoms with van der Waals surface area (Å²) < 4.78 is 30.4. The highest BCUT2D eigenvalue weighted by Crippen LogP contribution is 2.31. The zero-order valence-electron chi connectivity index (χ0n) is 16.3. The summed E-state index contributed by atoms with van der Waals surface area (Å²) in [5.41, 5.74) is 2.28. The Balaban J connectivity index is 1.98. The Morgan fingerprint density at radius 1 is 1.10 bits per heavy atom. The van der Waals surface area contributed by atoms with Crippen LogP contribution in [0.4, 0.5) is 0 Å². The van der Waals surface area contributed by atoms with Crippen LogP contribution in [0.25, 0.3) is 16.9 Å². The van der Waals surface area contributed by atoms with Crippen molar-refractivity contribution in [1.82, 2.24) is 15.1 Å². The molecule has 1 heterocycles. The largest absolute Gasteiger partial charge is 0.496 e. The Labute approximate surface area is 170 Å². The number of nitrogens with zero attached hydrogens (tertiary/aromatic N) is 2. The maximum atomic E-state index is 12.9. The summed E-state index contributed by atoms with van der Waals surface area (Å²) in [7, 11) is -1.61. The lowest BCUT2D eigenvalue weighted by Crippen LogP contribution is -2.29. The lowest BCUT2D eigenvalue weighted by molar-refractivity contribution is 0.0956. The number of hydrogen-bond donors (Lipinski definition) is 1. The van der Waals surface area contributed by atoms with Crippen LogP contribution in [-0.4, -0.2) is 49.3 Å². The first-order valence-electron chi connectivity index (χ1n) is 9.22. The molecular weight excluding hydrogens is 390 g/mol. The number of hydrogen-bond acceptors (Lipinski definition) is 5.